The van der Waals surface area contributed by atoms with Crippen LogP contribution in [-0.2, 0) is 14.8 Å². The minimum absolute atomic E-state index is 0.409. The van der Waals surface area contributed by atoms with E-state index in [1.807, 2.05) is 25.1 Å². The first-order chi connectivity index (χ1) is 11.2. The molecule has 24 heavy (non-hydrogen) atoms. The van der Waals surface area contributed by atoms with Crippen LogP contribution < -0.4 is 9.62 Å². The summed E-state index contributed by atoms with van der Waals surface area (Å²) in [4.78, 5) is 12.6. The highest BCUT2D eigenvalue weighted by atomic mass is 79.9. The molecular formula is C17H19BrN2O3S. The predicted molar refractivity (Wildman–Crippen MR) is 101 cm³/mol. The molecule has 0 heterocycles. The zero-order valence-corrected chi connectivity index (χ0v) is 16.1. The summed E-state index contributed by atoms with van der Waals surface area (Å²) in [6.45, 7) is 3.48. The summed E-state index contributed by atoms with van der Waals surface area (Å²) in [5.41, 5.74) is 2.06. The number of aryl methyl sites for hydroxylation is 1. The molecular weight excluding hydrogens is 392 g/mol. The molecule has 2 aromatic rings. The van der Waals surface area contributed by atoms with Gasteiger partial charge >= 0.3 is 0 Å². The van der Waals surface area contributed by atoms with Crippen molar-refractivity contribution < 1.29 is 13.2 Å². The number of anilines is 2. The first kappa shape index (κ1) is 18.5. The number of rotatable bonds is 5. The number of hydrogen-bond acceptors (Lipinski definition) is 3. The average molecular weight is 411 g/mol. The molecule has 5 nitrogen and oxygen atoms in total. The Hall–Kier alpha value is -1.86. The molecule has 1 atom stereocenters. The highest BCUT2D eigenvalue weighted by molar-refractivity contribution is 9.10. The molecule has 7 heteroatoms. The molecule has 2 aromatic carbocycles. The van der Waals surface area contributed by atoms with Crippen LogP contribution in [0.15, 0.2) is 53.0 Å². The third-order valence-corrected chi connectivity index (χ3v) is 5.44. The van der Waals surface area contributed by atoms with Crippen LogP contribution in [0.2, 0.25) is 0 Å². The number of nitrogens with zero attached hydrogens (tertiary/aromatic N) is 1. The molecule has 0 aromatic heterocycles. The second kappa shape index (κ2) is 7.36. The molecule has 0 saturated heterocycles. The van der Waals surface area contributed by atoms with Crippen LogP contribution in [0.1, 0.15) is 12.5 Å². The lowest BCUT2D eigenvalue weighted by Gasteiger charge is -2.28. The molecule has 1 N–H and O–H groups in total. The van der Waals surface area contributed by atoms with Crippen LogP contribution in [0.3, 0.4) is 0 Å². The minimum Gasteiger partial charge on any atom is -0.323 e. The van der Waals surface area contributed by atoms with Gasteiger partial charge in [0, 0.05) is 4.47 Å². The number of sulfonamides is 1. The van der Waals surface area contributed by atoms with Crippen LogP contribution in [-0.4, -0.2) is 26.6 Å². The Kier molecular flexibility index (Phi) is 5.66. The Labute approximate surface area is 150 Å². The number of halogens is 1. The van der Waals surface area contributed by atoms with Gasteiger partial charge in [0.15, 0.2) is 0 Å². The summed E-state index contributed by atoms with van der Waals surface area (Å²) < 4.78 is 26.3. The largest absolute Gasteiger partial charge is 0.323 e. The van der Waals surface area contributed by atoms with E-state index in [4.69, 9.17) is 0 Å². The van der Waals surface area contributed by atoms with Gasteiger partial charge in [-0.3, -0.25) is 9.10 Å². The molecule has 0 spiro atoms. The minimum atomic E-state index is -3.62. The van der Waals surface area contributed by atoms with Gasteiger partial charge in [0.25, 0.3) is 0 Å². The Balaban J connectivity index is 2.31. The maximum atomic E-state index is 12.6. The molecule has 0 unspecified atom stereocenters. The van der Waals surface area contributed by atoms with E-state index in [9.17, 15) is 13.2 Å². The van der Waals surface area contributed by atoms with E-state index in [1.165, 1.54) is 0 Å². The van der Waals surface area contributed by atoms with Crippen LogP contribution in [0, 0.1) is 6.92 Å². The summed E-state index contributed by atoms with van der Waals surface area (Å²) in [7, 11) is -3.62. The maximum Gasteiger partial charge on any atom is 0.248 e. The molecule has 1 amide bonds. The van der Waals surface area contributed by atoms with Gasteiger partial charge in [0.05, 0.1) is 17.6 Å². The SMILES string of the molecule is Cc1ccc(N([C@@H](C)C(=O)Nc2ccccc2Br)S(C)(=O)=O)cc1. The van der Waals surface area contributed by atoms with E-state index in [2.05, 4.69) is 21.2 Å². The van der Waals surface area contributed by atoms with Crippen LogP contribution in [0.5, 0.6) is 0 Å². The Morgan fingerprint density at radius 1 is 1.12 bits per heavy atom. The second-order valence-corrected chi connectivity index (χ2v) is 8.25. The Morgan fingerprint density at radius 2 is 1.71 bits per heavy atom. The molecule has 128 valence electrons. The Bertz CT molecular complexity index is 835. The summed E-state index contributed by atoms with van der Waals surface area (Å²) in [6, 6.07) is 13.3. The highest BCUT2D eigenvalue weighted by Gasteiger charge is 2.29. The first-order valence-corrected chi connectivity index (χ1v) is 9.96. The fourth-order valence-electron chi connectivity index (χ4n) is 2.30. The van der Waals surface area contributed by atoms with Gasteiger partial charge in [-0.1, -0.05) is 29.8 Å². The molecule has 0 fully saturated rings. The topological polar surface area (TPSA) is 66.5 Å². The third kappa shape index (κ3) is 4.36. The van der Waals surface area contributed by atoms with Gasteiger partial charge < -0.3 is 5.32 Å². The smallest absolute Gasteiger partial charge is 0.248 e. The Morgan fingerprint density at radius 3 is 2.25 bits per heavy atom. The number of benzene rings is 2. The van der Waals surface area contributed by atoms with Gasteiger partial charge in [0.1, 0.15) is 6.04 Å². The van der Waals surface area contributed by atoms with Gasteiger partial charge in [-0.15, -0.1) is 0 Å². The van der Waals surface area contributed by atoms with Crippen molar-refractivity contribution in [3.63, 3.8) is 0 Å². The lowest BCUT2D eigenvalue weighted by atomic mass is 10.2. The summed E-state index contributed by atoms with van der Waals surface area (Å²) in [5, 5.41) is 2.75. The van der Waals surface area contributed by atoms with E-state index < -0.39 is 22.0 Å². The molecule has 2 rings (SSSR count). The maximum absolute atomic E-state index is 12.6. The monoisotopic (exact) mass is 410 g/mol. The standard InChI is InChI=1S/C17H19BrN2O3S/c1-12-8-10-14(11-9-12)20(24(3,22)23)13(2)17(21)19-16-7-5-4-6-15(16)18/h4-11,13H,1-3H3,(H,19,21)/t13-/m0/s1. The van der Waals surface area contributed by atoms with E-state index in [-0.39, 0.29) is 0 Å². The van der Waals surface area contributed by atoms with Crippen molar-refractivity contribution in [3.05, 3.63) is 58.6 Å². The van der Waals surface area contributed by atoms with Crippen molar-refractivity contribution in [1.82, 2.24) is 0 Å². The zero-order chi connectivity index (χ0) is 17.9. The number of carbonyl (C=O) groups excluding carboxylic acids is 1. The van der Waals surface area contributed by atoms with Crippen molar-refractivity contribution in [3.8, 4) is 0 Å². The molecule has 0 aliphatic carbocycles. The van der Waals surface area contributed by atoms with E-state index in [1.54, 1.807) is 37.3 Å². The fraction of sp³-hybridized carbons (Fsp3) is 0.235. The van der Waals surface area contributed by atoms with E-state index in [0.29, 0.717) is 11.4 Å². The van der Waals surface area contributed by atoms with Crippen LogP contribution >= 0.6 is 15.9 Å². The summed E-state index contributed by atoms with van der Waals surface area (Å²) in [5.74, 6) is -0.409. The van der Waals surface area contributed by atoms with Crippen molar-refractivity contribution >= 4 is 43.2 Å². The quantitative estimate of drug-likeness (QED) is 0.819. The lowest BCUT2D eigenvalue weighted by Crippen LogP contribution is -2.45. The third-order valence-electron chi connectivity index (χ3n) is 3.51. The van der Waals surface area contributed by atoms with Gasteiger partial charge in [-0.2, -0.15) is 0 Å². The molecule has 0 bridgehead atoms. The molecule has 0 saturated carbocycles. The van der Waals surface area contributed by atoms with Crippen LogP contribution in [0.4, 0.5) is 11.4 Å². The molecule has 0 radical (unpaired) electrons. The van der Waals surface area contributed by atoms with Crippen molar-refractivity contribution in [2.24, 2.45) is 0 Å². The number of carbonyl (C=O) groups is 1. The summed E-state index contributed by atoms with van der Waals surface area (Å²) in [6.07, 6.45) is 1.09. The normalized spacial score (nSPS) is 12.5. The summed E-state index contributed by atoms with van der Waals surface area (Å²) >= 11 is 3.36. The molecule has 0 aliphatic heterocycles. The number of nitrogens with one attached hydrogen (secondary N) is 1. The number of para-hydroxylation sites is 1. The fourth-order valence-corrected chi connectivity index (χ4v) is 3.86. The predicted octanol–water partition coefficient (Wildman–Crippen LogP) is 3.55. The van der Waals surface area contributed by atoms with Crippen molar-refractivity contribution in [2.45, 2.75) is 19.9 Å². The van der Waals surface area contributed by atoms with Crippen molar-refractivity contribution in [1.29, 1.82) is 0 Å². The van der Waals surface area contributed by atoms with E-state index >= 15 is 0 Å². The van der Waals surface area contributed by atoms with Gasteiger partial charge in [-0.05, 0) is 54.0 Å². The van der Waals surface area contributed by atoms with Crippen molar-refractivity contribution in [2.75, 3.05) is 15.9 Å². The second-order valence-electron chi connectivity index (χ2n) is 5.54. The molecule has 0 aliphatic rings. The van der Waals surface area contributed by atoms with Gasteiger partial charge in [-0.25, -0.2) is 8.42 Å². The van der Waals surface area contributed by atoms with E-state index in [0.717, 1.165) is 20.6 Å². The average Bonchev–Trinajstić information content (AvgIpc) is 2.50. The number of hydrogen-bond donors (Lipinski definition) is 1. The first-order valence-electron chi connectivity index (χ1n) is 7.31. The van der Waals surface area contributed by atoms with Gasteiger partial charge in [0.2, 0.25) is 15.9 Å². The van der Waals surface area contributed by atoms with Crippen LogP contribution in [0.25, 0.3) is 0 Å². The lowest BCUT2D eigenvalue weighted by molar-refractivity contribution is -0.116. The number of amides is 1. The zero-order valence-electron chi connectivity index (χ0n) is 13.7. The highest BCUT2D eigenvalue weighted by Crippen LogP contribution is 2.24.